The Morgan fingerprint density at radius 3 is 2.60 bits per heavy atom. The molecule has 2 heteroatoms. The number of benzene rings is 1. The second-order valence-electron chi connectivity index (χ2n) is 7.98. The summed E-state index contributed by atoms with van der Waals surface area (Å²) in [6.07, 6.45) is 5.77. The highest BCUT2D eigenvalue weighted by molar-refractivity contribution is 5.68. The summed E-state index contributed by atoms with van der Waals surface area (Å²) in [6, 6.07) is 7.65. The predicted octanol–water partition coefficient (Wildman–Crippen LogP) is 7.26. The van der Waals surface area contributed by atoms with Crippen LogP contribution in [0, 0.1) is 5.41 Å². The summed E-state index contributed by atoms with van der Waals surface area (Å²) in [7, 11) is 0. The van der Waals surface area contributed by atoms with Crippen LogP contribution < -0.4 is 4.74 Å². The van der Waals surface area contributed by atoms with Gasteiger partial charge in [0.2, 0.25) is 5.85 Å². The molecule has 1 aliphatic carbocycles. The molecule has 0 aliphatic heterocycles. The molecule has 1 atom stereocenters. The minimum Gasteiger partial charge on any atom is -0.459 e. The summed E-state index contributed by atoms with van der Waals surface area (Å²) in [5, 5.41) is 0. The van der Waals surface area contributed by atoms with E-state index in [1.165, 1.54) is 37.0 Å². The van der Waals surface area contributed by atoms with Crippen molar-refractivity contribution in [1.29, 1.82) is 0 Å². The number of hydrogen-bond acceptors (Lipinski definition) is 1. The number of ether oxygens (including phenoxy) is 1. The third kappa shape index (κ3) is 4.62. The average molecular weight is 342 g/mol. The van der Waals surface area contributed by atoms with Crippen molar-refractivity contribution in [3.05, 3.63) is 59.2 Å². The van der Waals surface area contributed by atoms with Crippen LogP contribution in [0.2, 0.25) is 0 Å². The fourth-order valence-electron chi connectivity index (χ4n) is 3.56. The van der Waals surface area contributed by atoms with Gasteiger partial charge in [0.25, 0.3) is 0 Å². The number of alkyl halides is 1. The van der Waals surface area contributed by atoms with Crippen molar-refractivity contribution < 1.29 is 9.13 Å². The fraction of sp³-hybridized carbons (Fsp3) is 0.478. The highest BCUT2D eigenvalue weighted by Crippen LogP contribution is 2.46. The van der Waals surface area contributed by atoms with E-state index in [2.05, 4.69) is 40.3 Å². The van der Waals surface area contributed by atoms with Crippen LogP contribution in [-0.4, -0.2) is 5.85 Å². The van der Waals surface area contributed by atoms with Gasteiger partial charge in [-0.1, -0.05) is 42.9 Å². The summed E-state index contributed by atoms with van der Waals surface area (Å²) in [4.78, 5) is 0. The third-order valence-electron chi connectivity index (χ3n) is 5.24. The van der Waals surface area contributed by atoms with Crippen LogP contribution in [0.25, 0.3) is 5.57 Å². The van der Waals surface area contributed by atoms with Crippen molar-refractivity contribution in [1.82, 2.24) is 0 Å². The van der Waals surface area contributed by atoms with Gasteiger partial charge in [-0.3, -0.25) is 0 Å². The molecule has 2 rings (SSSR count). The number of halogens is 1. The maximum Gasteiger partial charge on any atom is 0.242 e. The lowest BCUT2D eigenvalue weighted by Gasteiger charge is -2.37. The van der Waals surface area contributed by atoms with Crippen LogP contribution in [-0.2, 0) is 0 Å². The first-order valence-corrected chi connectivity index (χ1v) is 9.06. The Morgan fingerprint density at radius 2 is 2.00 bits per heavy atom. The second kappa shape index (κ2) is 7.19. The van der Waals surface area contributed by atoms with E-state index >= 15 is 0 Å². The first-order chi connectivity index (χ1) is 11.5. The zero-order valence-electron chi connectivity index (χ0n) is 16.5. The molecule has 0 fully saturated rings. The monoisotopic (exact) mass is 342 g/mol. The Bertz CT molecular complexity index is 718. The Kier molecular flexibility index (Phi) is 5.61. The lowest BCUT2D eigenvalue weighted by molar-refractivity contribution is -0.0257. The summed E-state index contributed by atoms with van der Waals surface area (Å²) in [5.41, 5.74) is 6.26. The molecule has 0 N–H and O–H groups in total. The lowest BCUT2D eigenvalue weighted by Crippen LogP contribution is -2.24. The van der Waals surface area contributed by atoms with E-state index in [9.17, 15) is 4.39 Å². The number of rotatable bonds is 5. The van der Waals surface area contributed by atoms with Gasteiger partial charge in [0.15, 0.2) is 0 Å². The topological polar surface area (TPSA) is 9.23 Å². The highest BCUT2D eigenvalue weighted by Gasteiger charge is 2.32. The number of hydrogen-bond donors (Lipinski definition) is 0. The second-order valence-corrected chi connectivity index (χ2v) is 7.98. The van der Waals surface area contributed by atoms with E-state index in [4.69, 9.17) is 4.74 Å². The van der Waals surface area contributed by atoms with Gasteiger partial charge in [0, 0.05) is 19.3 Å². The maximum atomic E-state index is 13.8. The zero-order chi connectivity index (χ0) is 18.8. The standard InChI is InChI=1S/C23H31FO/c1-16(2)23(7)13-9-10-17(3)21(23)14-18(4)19-11-8-12-20(15-19)25-22(5,6)24/h8,11-12,14-15H,1,9-10,13H2,2-7H3/b18-14+. The van der Waals surface area contributed by atoms with E-state index < -0.39 is 5.85 Å². The van der Waals surface area contributed by atoms with Gasteiger partial charge in [0.1, 0.15) is 5.75 Å². The van der Waals surface area contributed by atoms with Crippen LogP contribution in [0.3, 0.4) is 0 Å². The van der Waals surface area contributed by atoms with Crippen LogP contribution in [0.5, 0.6) is 5.75 Å². The first-order valence-electron chi connectivity index (χ1n) is 9.06. The quantitative estimate of drug-likeness (QED) is 0.512. The van der Waals surface area contributed by atoms with Crippen LogP contribution in [0.4, 0.5) is 4.39 Å². The van der Waals surface area contributed by atoms with E-state index in [1.54, 1.807) is 6.07 Å². The molecule has 0 saturated carbocycles. The van der Waals surface area contributed by atoms with Gasteiger partial charge in [0.05, 0.1) is 0 Å². The van der Waals surface area contributed by atoms with Gasteiger partial charge in [-0.2, -0.15) is 4.39 Å². The molecule has 0 aromatic heterocycles. The summed E-state index contributed by atoms with van der Waals surface area (Å²) in [6.45, 7) is 15.8. The number of allylic oxidation sites excluding steroid dienone is 5. The molecule has 0 amide bonds. The van der Waals surface area contributed by atoms with Crippen molar-refractivity contribution in [2.24, 2.45) is 5.41 Å². The molecule has 0 bridgehead atoms. The van der Waals surface area contributed by atoms with Crippen LogP contribution >= 0.6 is 0 Å². The van der Waals surface area contributed by atoms with Gasteiger partial charge in [-0.25, -0.2) is 0 Å². The molecule has 0 spiro atoms. The van der Waals surface area contributed by atoms with E-state index in [0.717, 1.165) is 24.0 Å². The zero-order valence-corrected chi connectivity index (χ0v) is 16.5. The Labute approximate surface area is 152 Å². The Balaban J connectivity index is 2.40. The minimum atomic E-state index is -1.68. The molecule has 25 heavy (non-hydrogen) atoms. The highest BCUT2D eigenvalue weighted by atomic mass is 19.2. The molecule has 1 aliphatic rings. The molecule has 1 aromatic rings. The van der Waals surface area contributed by atoms with Gasteiger partial charge < -0.3 is 4.74 Å². The van der Waals surface area contributed by atoms with Crippen molar-refractivity contribution in [3.8, 4) is 5.75 Å². The van der Waals surface area contributed by atoms with Crippen molar-refractivity contribution >= 4 is 5.57 Å². The average Bonchev–Trinajstić information content (AvgIpc) is 2.49. The predicted molar refractivity (Wildman–Crippen MR) is 105 cm³/mol. The van der Waals surface area contributed by atoms with Crippen LogP contribution in [0.15, 0.2) is 53.6 Å². The van der Waals surface area contributed by atoms with E-state index in [-0.39, 0.29) is 5.41 Å². The normalized spacial score (nSPS) is 22.1. The first kappa shape index (κ1) is 19.5. The molecular formula is C23H31FO. The van der Waals surface area contributed by atoms with Gasteiger partial charge >= 0.3 is 0 Å². The largest absolute Gasteiger partial charge is 0.459 e. The van der Waals surface area contributed by atoms with Crippen molar-refractivity contribution in [3.63, 3.8) is 0 Å². The molecule has 1 nitrogen and oxygen atoms in total. The molecule has 0 heterocycles. The fourth-order valence-corrected chi connectivity index (χ4v) is 3.56. The minimum absolute atomic E-state index is 0.0264. The van der Waals surface area contributed by atoms with E-state index in [1.807, 2.05) is 18.2 Å². The third-order valence-corrected chi connectivity index (χ3v) is 5.24. The maximum absolute atomic E-state index is 13.8. The molecule has 1 unspecified atom stereocenters. The van der Waals surface area contributed by atoms with Gasteiger partial charge in [-0.05, 0) is 68.9 Å². The summed E-state index contributed by atoms with van der Waals surface area (Å²) >= 11 is 0. The molecular weight excluding hydrogens is 311 g/mol. The molecule has 1 aromatic carbocycles. The van der Waals surface area contributed by atoms with Crippen molar-refractivity contribution in [2.75, 3.05) is 0 Å². The SMILES string of the molecule is C=C(C)C1(C)CCCC(C)=C1/C=C(\C)c1cccc(OC(C)(C)F)c1. The molecule has 136 valence electrons. The van der Waals surface area contributed by atoms with Crippen molar-refractivity contribution in [2.45, 2.75) is 66.7 Å². The Hall–Kier alpha value is -1.83. The van der Waals surface area contributed by atoms with Crippen LogP contribution in [0.1, 0.15) is 66.4 Å². The van der Waals surface area contributed by atoms with E-state index in [0.29, 0.717) is 5.75 Å². The lowest BCUT2D eigenvalue weighted by atomic mass is 9.67. The van der Waals surface area contributed by atoms with Gasteiger partial charge in [-0.15, -0.1) is 0 Å². The molecule has 0 saturated heterocycles. The smallest absolute Gasteiger partial charge is 0.242 e. The molecule has 0 radical (unpaired) electrons. The summed E-state index contributed by atoms with van der Waals surface area (Å²) < 4.78 is 19.1. The summed E-state index contributed by atoms with van der Waals surface area (Å²) in [5.74, 6) is -1.13. The Morgan fingerprint density at radius 1 is 1.32 bits per heavy atom.